The molecule has 0 fully saturated rings. The summed E-state index contributed by atoms with van der Waals surface area (Å²) in [6.07, 6.45) is 0.189. The molecule has 0 bridgehead atoms. The second-order valence-corrected chi connectivity index (χ2v) is 5.58. The van der Waals surface area contributed by atoms with Crippen molar-refractivity contribution in [3.8, 4) is 5.75 Å². The van der Waals surface area contributed by atoms with E-state index in [1.54, 1.807) is 38.2 Å². The van der Waals surface area contributed by atoms with Gasteiger partial charge in [0.05, 0.1) is 13.0 Å². The molecule has 0 aliphatic carbocycles. The zero-order valence-corrected chi connectivity index (χ0v) is 14.6. The van der Waals surface area contributed by atoms with Crippen LogP contribution in [0, 0.1) is 0 Å². The Morgan fingerprint density at radius 3 is 2.32 bits per heavy atom. The van der Waals surface area contributed by atoms with Crippen LogP contribution in [0.15, 0.2) is 54.6 Å². The van der Waals surface area contributed by atoms with Gasteiger partial charge in [-0.15, -0.1) is 0 Å². The average Bonchev–Trinajstić information content (AvgIpc) is 2.65. The lowest BCUT2D eigenvalue weighted by molar-refractivity contribution is -0.143. The molecule has 5 heteroatoms. The average molecular weight is 341 g/mol. The van der Waals surface area contributed by atoms with Gasteiger partial charge in [0.1, 0.15) is 12.4 Å². The summed E-state index contributed by atoms with van der Waals surface area (Å²) in [4.78, 5) is 25.2. The molecule has 0 aliphatic heterocycles. The van der Waals surface area contributed by atoms with E-state index >= 15 is 0 Å². The van der Waals surface area contributed by atoms with Crippen LogP contribution in [0.25, 0.3) is 0 Å². The number of hydrogen-bond donors (Lipinski definition) is 0. The minimum Gasteiger partial charge on any atom is -0.489 e. The van der Waals surface area contributed by atoms with Crippen molar-refractivity contribution in [1.29, 1.82) is 0 Å². The molecule has 0 saturated carbocycles. The van der Waals surface area contributed by atoms with Crippen molar-refractivity contribution in [2.75, 3.05) is 20.2 Å². The number of carbonyl (C=O) groups excluding carboxylic acids is 2. The van der Waals surface area contributed by atoms with Gasteiger partial charge in [-0.3, -0.25) is 9.59 Å². The molecule has 2 aromatic carbocycles. The molecular formula is C20H23NO4. The molecule has 5 nitrogen and oxygen atoms in total. The van der Waals surface area contributed by atoms with E-state index in [0.29, 0.717) is 31.1 Å². The maximum absolute atomic E-state index is 12.3. The first-order valence-electron chi connectivity index (χ1n) is 8.28. The minimum atomic E-state index is -0.299. The summed E-state index contributed by atoms with van der Waals surface area (Å²) in [5, 5.41) is 0. The van der Waals surface area contributed by atoms with Crippen LogP contribution in [0.3, 0.4) is 0 Å². The Bertz CT molecular complexity index is 683. The second kappa shape index (κ2) is 9.47. The van der Waals surface area contributed by atoms with E-state index in [-0.39, 0.29) is 18.3 Å². The summed E-state index contributed by atoms with van der Waals surface area (Å²) in [5.41, 5.74) is 1.64. The standard InChI is InChI=1S/C20H23NO4/c1-3-24-19(22)13-14-21(2)20(23)17-9-11-18(12-10-17)25-15-16-7-5-4-6-8-16/h4-12H,3,13-15H2,1-2H3. The Kier molecular flexibility index (Phi) is 7.01. The van der Waals surface area contributed by atoms with Crippen LogP contribution in [0.2, 0.25) is 0 Å². The third kappa shape index (κ3) is 5.95. The highest BCUT2D eigenvalue weighted by Crippen LogP contribution is 2.15. The molecular weight excluding hydrogens is 318 g/mol. The first-order chi connectivity index (χ1) is 12.1. The Labute approximate surface area is 148 Å². The molecule has 2 rings (SSSR count). The number of carbonyl (C=O) groups is 2. The van der Waals surface area contributed by atoms with Crippen LogP contribution in [0.4, 0.5) is 0 Å². The predicted molar refractivity (Wildman–Crippen MR) is 95.4 cm³/mol. The number of benzene rings is 2. The monoisotopic (exact) mass is 341 g/mol. The van der Waals surface area contributed by atoms with Crippen LogP contribution in [-0.4, -0.2) is 37.0 Å². The van der Waals surface area contributed by atoms with Gasteiger partial charge in [0.15, 0.2) is 0 Å². The number of ether oxygens (including phenoxy) is 2. The highest BCUT2D eigenvalue weighted by Gasteiger charge is 2.13. The van der Waals surface area contributed by atoms with Crippen molar-refractivity contribution < 1.29 is 19.1 Å². The van der Waals surface area contributed by atoms with E-state index in [0.717, 1.165) is 5.56 Å². The lowest BCUT2D eigenvalue weighted by atomic mass is 10.2. The summed E-state index contributed by atoms with van der Waals surface area (Å²) in [6, 6.07) is 16.9. The maximum Gasteiger partial charge on any atom is 0.307 e. The second-order valence-electron chi connectivity index (χ2n) is 5.58. The van der Waals surface area contributed by atoms with Crippen molar-refractivity contribution in [1.82, 2.24) is 4.90 Å². The molecule has 0 heterocycles. The van der Waals surface area contributed by atoms with Crippen LogP contribution in [0.5, 0.6) is 5.75 Å². The van der Waals surface area contributed by atoms with Gasteiger partial charge in [0.2, 0.25) is 0 Å². The van der Waals surface area contributed by atoms with Crippen LogP contribution >= 0.6 is 0 Å². The molecule has 132 valence electrons. The molecule has 0 saturated heterocycles. The number of nitrogens with zero attached hydrogens (tertiary/aromatic N) is 1. The molecule has 0 atom stereocenters. The van der Waals surface area contributed by atoms with Gasteiger partial charge in [-0.1, -0.05) is 30.3 Å². The van der Waals surface area contributed by atoms with Crippen molar-refractivity contribution in [2.45, 2.75) is 20.0 Å². The molecule has 0 radical (unpaired) electrons. The van der Waals surface area contributed by atoms with E-state index < -0.39 is 0 Å². The van der Waals surface area contributed by atoms with Gasteiger partial charge < -0.3 is 14.4 Å². The Balaban J connectivity index is 1.85. The molecule has 0 spiro atoms. The minimum absolute atomic E-state index is 0.140. The van der Waals surface area contributed by atoms with E-state index in [2.05, 4.69) is 0 Å². The predicted octanol–water partition coefficient (Wildman–Crippen LogP) is 3.29. The normalized spacial score (nSPS) is 10.2. The smallest absolute Gasteiger partial charge is 0.307 e. The zero-order valence-electron chi connectivity index (χ0n) is 14.6. The summed E-state index contributed by atoms with van der Waals surface area (Å²) >= 11 is 0. The summed E-state index contributed by atoms with van der Waals surface area (Å²) in [5.74, 6) is 0.264. The highest BCUT2D eigenvalue weighted by molar-refractivity contribution is 5.94. The summed E-state index contributed by atoms with van der Waals surface area (Å²) in [7, 11) is 1.67. The summed E-state index contributed by atoms with van der Waals surface area (Å²) in [6.45, 7) is 2.91. The maximum atomic E-state index is 12.3. The fourth-order valence-corrected chi connectivity index (χ4v) is 2.25. The lowest BCUT2D eigenvalue weighted by Gasteiger charge is -2.17. The Morgan fingerprint density at radius 1 is 1.00 bits per heavy atom. The van der Waals surface area contributed by atoms with Gasteiger partial charge in [-0.05, 0) is 36.8 Å². The Morgan fingerprint density at radius 2 is 1.68 bits per heavy atom. The molecule has 2 aromatic rings. The van der Waals surface area contributed by atoms with Gasteiger partial charge in [-0.2, -0.15) is 0 Å². The largest absolute Gasteiger partial charge is 0.489 e. The van der Waals surface area contributed by atoms with Gasteiger partial charge in [0.25, 0.3) is 5.91 Å². The van der Waals surface area contributed by atoms with Crippen molar-refractivity contribution in [2.24, 2.45) is 0 Å². The van der Waals surface area contributed by atoms with Crippen molar-refractivity contribution in [3.63, 3.8) is 0 Å². The van der Waals surface area contributed by atoms with E-state index in [9.17, 15) is 9.59 Å². The topological polar surface area (TPSA) is 55.8 Å². The van der Waals surface area contributed by atoms with Crippen LogP contribution in [0.1, 0.15) is 29.3 Å². The van der Waals surface area contributed by atoms with Crippen molar-refractivity contribution >= 4 is 11.9 Å². The lowest BCUT2D eigenvalue weighted by Crippen LogP contribution is -2.29. The summed E-state index contributed by atoms with van der Waals surface area (Å²) < 4.78 is 10.6. The van der Waals surface area contributed by atoms with Crippen LogP contribution < -0.4 is 4.74 Å². The first kappa shape index (κ1) is 18.5. The Hall–Kier alpha value is -2.82. The van der Waals surface area contributed by atoms with Crippen LogP contribution in [-0.2, 0) is 16.1 Å². The SMILES string of the molecule is CCOC(=O)CCN(C)C(=O)c1ccc(OCc2ccccc2)cc1. The number of rotatable bonds is 8. The van der Waals surface area contributed by atoms with Gasteiger partial charge in [0, 0.05) is 19.2 Å². The van der Waals surface area contributed by atoms with E-state index in [4.69, 9.17) is 9.47 Å². The fraction of sp³-hybridized carbons (Fsp3) is 0.300. The molecule has 0 N–H and O–H groups in total. The number of esters is 1. The van der Waals surface area contributed by atoms with E-state index in [1.165, 1.54) is 4.90 Å². The molecule has 0 aliphatic rings. The molecule has 1 amide bonds. The third-order valence-electron chi connectivity index (χ3n) is 3.65. The highest BCUT2D eigenvalue weighted by atomic mass is 16.5. The fourth-order valence-electron chi connectivity index (χ4n) is 2.25. The number of hydrogen-bond acceptors (Lipinski definition) is 4. The molecule has 0 aromatic heterocycles. The van der Waals surface area contributed by atoms with Gasteiger partial charge >= 0.3 is 5.97 Å². The first-order valence-corrected chi connectivity index (χ1v) is 8.28. The molecule has 0 unspecified atom stereocenters. The van der Waals surface area contributed by atoms with Gasteiger partial charge in [-0.25, -0.2) is 0 Å². The van der Waals surface area contributed by atoms with Crippen molar-refractivity contribution in [3.05, 3.63) is 65.7 Å². The number of amides is 1. The third-order valence-corrected chi connectivity index (χ3v) is 3.65. The zero-order chi connectivity index (χ0) is 18.1. The quantitative estimate of drug-likeness (QED) is 0.692. The molecule has 25 heavy (non-hydrogen) atoms. The van der Waals surface area contributed by atoms with E-state index in [1.807, 2.05) is 30.3 Å².